The van der Waals surface area contributed by atoms with Crippen molar-refractivity contribution in [1.29, 1.82) is 0 Å². The van der Waals surface area contributed by atoms with E-state index in [0.717, 1.165) is 17.7 Å². The summed E-state index contributed by atoms with van der Waals surface area (Å²) in [6.45, 7) is 1.29. The number of aromatic carboxylic acids is 1. The molecule has 3 rings (SSSR count). The van der Waals surface area contributed by atoms with Crippen molar-refractivity contribution >= 4 is 40.1 Å². The zero-order valence-corrected chi connectivity index (χ0v) is 17.1. The number of aromatic nitrogens is 1. The Bertz CT molecular complexity index is 1110. The molecule has 0 amide bonds. The number of hydrogen-bond acceptors (Lipinski definition) is 3. The van der Waals surface area contributed by atoms with Crippen molar-refractivity contribution in [3.63, 3.8) is 0 Å². The van der Waals surface area contributed by atoms with E-state index in [1.54, 1.807) is 12.1 Å². The third-order valence-corrected chi connectivity index (χ3v) is 5.45. The van der Waals surface area contributed by atoms with E-state index in [9.17, 15) is 14.7 Å². The highest BCUT2D eigenvalue weighted by molar-refractivity contribution is 6.42. The molecular weight excluding hydrogens is 399 g/mol. The quantitative estimate of drug-likeness (QED) is 0.652. The molecule has 0 spiro atoms. The molecule has 28 heavy (non-hydrogen) atoms. The second-order valence-corrected chi connectivity index (χ2v) is 7.70. The fourth-order valence-corrected chi connectivity index (χ4v) is 3.49. The van der Waals surface area contributed by atoms with E-state index in [2.05, 4.69) is 0 Å². The molecule has 2 aromatic carbocycles. The first-order chi connectivity index (χ1) is 13.3. The summed E-state index contributed by atoms with van der Waals surface area (Å²) in [6, 6.07) is 10.9. The molecule has 0 aliphatic heterocycles. The van der Waals surface area contributed by atoms with Crippen molar-refractivity contribution in [2.45, 2.75) is 13.0 Å². The van der Waals surface area contributed by atoms with Crippen LogP contribution in [0.1, 0.15) is 21.5 Å². The van der Waals surface area contributed by atoms with E-state index < -0.39 is 11.4 Å². The molecule has 1 N–H and O–H groups in total. The number of nitrogens with zero attached hydrogens (tertiary/aromatic N) is 2. The number of carboxylic acid groups (broad SMARTS) is 1. The largest absolute Gasteiger partial charge is 0.477 e. The Morgan fingerprint density at radius 3 is 2.61 bits per heavy atom. The average Bonchev–Trinajstić information content (AvgIpc) is 2.65. The van der Waals surface area contributed by atoms with Gasteiger partial charge in [-0.2, -0.15) is 0 Å². The summed E-state index contributed by atoms with van der Waals surface area (Å²) in [5.74, 6) is -1.23. The number of likely N-dealkylation sites (N-methyl/N-ethyl adjacent to an activating group) is 1. The smallest absolute Gasteiger partial charge is 0.341 e. The number of rotatable bonds is 6. The van der Waals surface area contributed by atoms with Gasteiger partial charge in [0.15, 0.2) is 0 Å². The molecule has 5 nitrogen and oxygen atoms in total. The number of fused-ring (bicyclic) bond motifs is 1. The zero-order chi connectivity index (χ0) is 20.4. The van der Waals surface area contributed by atoms with Crippen LogP contribution in [-0.2, 0) is 13.0 Å². The van der Waals surface area contributed by atoms with Gasteiger partial charge in [-0.3, -0.25) is 4.79 Å². The van der Waals surface area contributed by atoms with Gasteiger partial charge in [0.25, 0.3) is 0 Å². The lowest BCUT2D eigenvalue weighted by Crippen LogP contribution is -2.23. The fourth-order valence-electron chi connectivity index (χ4n) is 3.10. The van der Waals surface area contributed by atoms with E-state index >= 15 is 0 Å². The standard InChI is InChI=1S/C21H20Cl2N2O3/c1-24(2)8-9-25-12-16(21(27)28)20(26)15-11-13(6-7-18(15)25)10-14-4-3-5-17(22)19(14)23/h3-7,11-12H,8-10H2,1-2H3,(H,27,28). The van der Waals surface area contributed by atoms with E-state index in [4.69, 9.17) is 23.2 Å². The molecule has 0 aliphatic rings. The Balaban J connectivity index is 2.11. The van der Waals surface area contributed by atoms with Gasteiger partial charge in [0.1, 0.15) is 5.56 Å². The topological polar surface area (TPSA) is 62.5 Å². The highest BCUT2D eigenvalue weighted by Crippen LogP contribution is 2.28. The van der Waals surface area contributed by atoms with E-state index in [1.165, 1.54) is 6.20 Å². The average molecular weight is 419 g/mol. The monoisotopic (exact) mass is 418 g/mol. The predicted octanol–water partition coefficient (Wildman–Crippen LogP) is 4.16. The number of hydrogen-bond donors (Lipinski definition) is 1. The summed E-state index contributed by atoms with van der Waals surface area (Å²) in [5, 5.41) is 10.8. The maximum absolute atomic E-state index is 12.7. The van der Waals surface area contributed by atoms with Crippen LogP contribution in [0.25, 0.3) is 10.9 Å². The second-order valence-electron chi connectivity index (χ2n) is 6.91. The highest BCUT2D eigenvalue weighted by atomic mass is 35.5. The van der Waals surface area contributed by atoms with Gasteiger partial charge in [0.05, 0.1) is 15.6 Å². The molecule has 1 aromatic heterocycles. The van der Waals surface area contributed by atoms with Crippen molar-refractivity contribution in [2.75, 3.05) is 20.6 Å². The van der Waals surface area contributed by atoms with E-state index in [1.807, 2.05) is 47.8 Å². The SMILES string of the molecule is CN(C)CCn1cc(C(=O)O)c(=O)c2cc(Cc3cccc(Cl)c3Cl)ccc21. The molecule has 0 atom stereocenters. The van der Waals surface area contributed by atoms with Crippen LogP contribution in [0.2, 0.25) is 10.0 Å². The lowest BCUT2D eigenvalue weighted by atomic mass is 10.0. The van der Waals surface area contributed by atoms with Crippen molar-refractivity contribution in [3.8, 4) is 0 Å². The van der Waals surface area contributed by atoms with Crippen LogP contribution in [-0.4, -0.2) is 41.2 Å². The van der Waals surface area contributed by atoms with Gasteiger partial charge < -0.3 is 14.6 Å². The minimum atomic E-state index is -1.23. The van der Waals surface area contributed by atoms with Crippen LogP contribution in [0.5, 0.6) is 0 Å². The Morgan fingerprint density at radius 2 is 1.93 bits per heavy atom. The third-order valence-electron chi connectivity index (χ3n) is 4.59. The van der Waals surface area contributed by atoms with Gasteiger partial charge in [0.2, 0.25) is 5.43 Å². The van der Waals surface area contributed by atoms with Crippen molar-refractivity contribution < 1.29 is 9.90 Å². The first-order valence-corrected chi connectivity index (χ1v) is 9.50. The Morgan fingerprint density at radius 1 is 1.18 bits per heavy atom. The number of carbonyl (C=O) groups is 1. The molecule has 0 aliphatic carbocycles. The molecular formula is C21H20Cl2N2O3. The number of pyridine rings is 1. The van der Waals surface area contributed by atoms with Gasteiger partial charge in [-0.15, -0.1) is 0 Å². The predicted molar refractivity (Wildman–Crippen MR) is 113 cm³/mol. The zero-order valence-electron chi connectivity index (χ0n) is 15.6. The number of carboxylic acids is 1. The molecule has 146 valence electrons. The van der Waals surface area contributed by atoms with Crippen molar-refractivity contribution in [2.24, 2.45) is 0 Å². The first kappa shape index (κ1) is 20.4. The summed E-state index contributed by atoms with van der Waals surface area (Å²) < 4.78 is 1.82. The Labute approximate surface area is 172 Å². The minimum Gasteiger partial charge on any atom is -0.477 e. The summed E-state index contributed by atoms with van der Waals surface area (Å²) in [7, 11) is 3.88. The maximum Gasteiger partial charge on any atom is 0.341 e. The lowest BCUT2D eigenvalue weighted by molar-refractivity contribution is 0.0695. The van der Waals surface area contributed by atoms with E-state index in [0.29, 0.717) is 33.9 Å². The van der Waals surface area contributed by atoms with E-state index in [-0.39, 0.29) is 5.56 Å². The molecule has 1 heterocycles. The van der Waals surface area contributed by atoms with Crippen LogP contribution in [0.15, 0.2) is 47.4 Å². The van der Waals surface area contributed by atoms with Gasteiger partial charge in [-0.1, -0.05) is 41.4 Å². The van der Waals surface area contributed by atoms with Crippen molar-refractivity contribution in [1.82, 2.24) is 9.47 Å². The second kappa shape index (κ2) is 8.35. The van der Waals surface area contributed by atoms with Gasteiger partial charge >= 0.3 is 5.97 Å². The van der Waals surface area contributed by atoms with Crippen molar-refractivity contribution in [3.05, 3.63) is 79.6 Å². The fraction of sp³-hybridized carbons (Fsp3) is 0.238. The molecule has 3 aromatic rings. The molecule has 7 heteroatoms. The lowest BCUT2D eigenvalue weighted by Gasteiger charge is -2.16. The molecule has 0 saturated carbocycles. The molecule has 0 radical (unpaired) electrons. The normalized spacial score (nSPS) is 11.3. The van der Waals surface area contributed by atoms with Gasteiger partial charge in [0, 0.05) is 24.7 Å². The minimum absolute atomic E-state index is 0.232. The summed E-state index contributed by atoms with van der Waals surface area (Å²) in [4.78, 5) is 26.3. The summed E-state index contributed by atoms with van der Waals surface area (Å²) >= 11 is 12.4. The van der Waals surface area contributed by atoms with Crippen LogP contribution in [0.3, 0.4) is 0 Å². The number of halogens is 2. The Hall–Kier alpha value is -2.34. The molecule has 0 fully saturated rings. The summed E-state index contributed by atoms with van der Waals surface area (Å²) in [5.41, 5.74) is 1.69. The maximum atomic E-state index is 12.7. The van der Waals surface area contributed by atoms with Crippen LogP contribution in [0, 0.1) is 0 Å². The molecule has 0 unspecified atom stereocenters. The first-order valence-electron chi connectivity index (χ1n) is 8.75. The molecule has 0 saturated heterocycles. The van der Waals surface area contributed by atoms with Crippen LogP contribution < -0.4 is 5.43 Å². The third kappa shape index (κ3) is 4.22. The number of benzene rings is 2. The summed E-state index contributed by atoms with van der Waals surface area (Å²) in [6.07, 6.45) is 1.91. The van der Waals surface area contributed by atoms with Gasteiger partial charge in [-0.05, 0) is 49.8 Å². The van der Waals surface area contributed by atoms with Crippen LogP contribution >= 0.6 is 23.2 Å². The Kier molecular flexibility index (Phi) is 6.08. The van der Waals surface area contributed by atoms with Gasteiger partial charge in [-0.25, -0.2) is 4.79 Å². The highest BCUT2D eigenvalue weighted by Gasteiger charge is 2.15. The molecule has 0 bridgehead atoms. The van der Waals surface area contributed by atoms with Crippen LogP contribution in [0.4, 0.5) is 0 Å².